The summed E-state index contributed by atoms with van der Waals surface area (Å²) in [4.78, 5) is 25.7. The number of ether oxygens (including phenoxy) is 2. The Kier molecular flexibility index (Phi) is 6.39. The number of nitrogens with zero attached hydrogens (tertiary/aromatic N) is 2. The number of morpholine rings is 1. The summed E-state index contributed by atoms with van der Waals surface area (Å²) in [5, 5.41) is 14.1. The molecule has 9 heteroatoms. The molecule has 0 unspecified atom stereocenters. The lowest BCUT2D eigenvalue weighted by Crippen LogP contribution is -2.43. The Morgan fingerprint density at radius 3 is 2.48 bits per heavy atom. The van der Waals surface area contributed by atoms with Gasteiger partial charge in [0.2, 0.25) is 0 Å². The lowest BCUT2D eigenvalue weighted by atomic mass is 10.1. The third-order valence-electron chi connectivity index (χ3n) is 4.53. The van der Waals surface area contributed by atoms with E-state index < -0.39 is 10.5 Å². The number of nitrogens with one attached hydrogen (secondary N) is 1. The number of non-ortho nitro benzene ring substituents is 1. The first-order valence-electron chi connectivity index (χ1n) is 9.13. The van der Waals surface area contributed by atoms with Crippen molar-refractivity contribution in [3.8, 4) is 5.75 Å². The average Bonchev–Trinajstić information content (AvgIpc) is 2.70. The highest BCUT2D eigenvalue weighted by Crippen LogP contribution is 2.32. The van der Waals surface area contributed by atoms with Crippen molar-refractivity contribution in [2.45, 2.75) is 19.4 Å². The standard InChI is InChI=1S/C20H22BrN3O5/c1-20(2,29-16-6-3-14(21)4-7-16)19(25)22-17-8-5-15(24(26)27)13-18(17)23-9-11-28-12-10-23/h3-8,13H,9-12H2,1-2H3,(H,22,25). The van der Waals surface area contributed by atoms with Gasteiger partial charge >= 0.3 is 0 Å². The van der Waals surface area contributed by atoms with Crippen molar-refractivity contribution >= 4 is 38.9 Å². The Balaban J connectivity index is 1.82. The van der Waals surface area contributed by atoms with E-state index in [-0.39, 0.29) is 11.6 Å². The summed E-state index contributed by atoms with van der Waals surface area (Å²) in [5.41, 5.74) is -0.0992. The molecule has 1 amide bonds. The van der Waals surface area contributed by atoms with E-state index in [4.69, 9.17) is 9.47 Å². The van der Waals surface area contributed by atoms with Gasteiger partial charge in [0.25, 0.3) is 11.6 Å². The third kappa shape index (κ3) is 5.24. The highest BCUT2D eigenvalue weighted by Gasteiger charge is 2.31. The Labute approximate surface area is 177 Å². The van der Waals surface area contributed by atoms with Crippen LogP contribution in [0, 0.1) is 10.1 Å². The van der Waals surface area contributed by atoms with Gasteiger partial charge in [-0.25, -0.2) is 0 Å². The molecule has 154 valence electrons. The highest BCUT2D eigenvalue weighted by molar-refractivity contribution is 9.10. The number of hydrogen-bond donors (Lipinski definition) is 1. The molecule has 1 fully saturated rings. The molecule has 0 spiro atoms. The highest BCUT2D eigenvalue weighted by atomic mass is 79.9. The van der Waals surface area contributed by atoms with Crippen LogP contribution in [0.4, 0.5) is 17.1 Å². The number of halogens is 1. The van der Waals surface area contributed by atoms with Gasteiger partial charge < -0.3 is 19.7 Å². The van der Waals surface area contributed by atoms with E-state index in [0.29, 0.717) is 43.4 Å². The maximum absolute atomic E-state index is 12.9. The molecule has 29 heavy (non-hydrogen) atoms. The fraction of sp³-hybridized carbons (Fsp3) is 0.350. The van der Waals surface area contributed by atoms with Crippen molar-refractivity contribution in [3.05, 3.63) is 57.1 Å². The second-order valence-corrected chi connectivity index (χ2v) is 7.99. The number of anilines is 2. The summed E-state index contributed by atoms with van der Waals surface area (Å²) in [6.45, 7) is 5.56. The third-order valence-corrected chi connectivity index (χ3v) is 5.05. The van der Waals surface area contributed by atoms with E-state index in [0.717, 1.165) is 4.47 Å². The minimum absolute atomic E-state index is 0.0325. The van der Waals surface area contributed by atoms with Crippen LogP contribution in [0.15, 0.2) is 46.9 Å². The maximum atomic E-state index is 12.9. The SMILES string of the molecule is CC(C)(Oc1ccc(Br)cc1)C(=O)Nc1ccc([N+](=O)[O-])cc1N1CCOCC1. The molecule has 1 aliphatic rings. The summed E-state index contributed by atoms with van der Waals surface area (Å²) in [6, 6.07) is 11.6. The van der Waals surface area contributed by atoms with Crippen LogP contribution < -0.4 is 15.0 Å². The number of hydrogen-bond acceptors (Lipinski definition) is 6. The maximum Gasteiger partial charge on any atom is 0.271 e. The molecule has 1 saturated heterocycles. The molecule has 0 radical (unpaired) electrons. The van der Waals surface area contributed by atoms with Crippen molar-refractivity contribution in [1.82, 2.24) is 0 Å². The smallest absolute Gasteiger partial charge is 0.271 e. The Morgan fingerprint density at radius 1 is 1.21 bits per heavy atom. The van der Waals surface area contributed by atoms with Gasteiger partial charge in [-0.1, -0.05) is 15.9 Å². The molecule has 1 N–H and O–H groups in total. The number of nitro groups is 1. The molecule has 3 rings (SSSR count). The van der Waals surface area contributed by atoms with Crippen molar-refractivity contribution in [2.75, 3.05) is 36.5 Å². The Bertz CT molecular complexity index is 895. The van der Waals surface area contributed by atoms with Gasteiger partial charge in [0, 0.05) is 29.7 Å². The van der Waals surface area contributed by atoms with Gasteiger partial charge in [-0.3, -0.25) is 14.9 Å². The van der Waals surface area contributed by atoms with Crippen LogP contribution in [0.5, 0.6) is 5.75 Å². The molecule has 1 aliphatic heterocycles. The fourth-order valence-electron chi connectivity index (χ4n) is 2.92. The minimum Gasteiger partial charge on any atom is -0.478 e. The number of benzene rings is 2. The monoisotopic (exact) mass is 463 g/mol. The lowest BCUT2D eigenvalue weighted by molar-refractivity contribution is -0.384. The first-order valence-corrected chi connectivity index (χ1v) is 9.93. The van der Waals surface area contributed by atoms with E-state index in [1.807, 2.05) is 17.0 Å². The van der Waals surface area contributed by atoms with Crippen LogP contribution in [0.25, 0.3) is 0 Å². The van der Waals surface area contributed by atoms with Gasteiger partial charge in [-0.2, -0.15) is 0 Å². The zero-order valence-corrected chi connectivity index (χ0v) is 17.8. The van der Waals surface area contributed by atoms with Gasteiger partial charge in [0.05, 0.1) is 29.5 Å². The number of carbonyl (C=O) groups is 1. The molecule has 2 aromatic carbocycles. The largest absolute Gasteiger partial charge is 0.478 e. The summed E-state index contributed by atoms with van der Waals surface area (Å²) >= 11 is 3.36. The first kappa shape index (κ1) is 21.1. The molecule has 0 saturated carbocycles. The van der Waals surface area contributed by atoms with E-state index in [1.165, 1.54) is 12.1 Å². The van der Waals surface area contributed by atoms with Crippen molar-refractivity contribution in [3.63, 3.8) is 0 Å². The summed E-state index contributed by atoms with van der Waals surface area (Å²) in [6.07, 6.45) is 0. The minimum atomic E-state index is -1.15. The average molecular weight is 464 g/mol. The van der Waals surface area contributed by atoms with Crippen LogP contribution >= 0.6 is 15.9 Å². The molecular formula is C20H22BrN3O5. The molecule has 0 aromatic heterocycles. The van der Waals surface area contributed by atoms with Crippen molar-refractivity contribution < 1.29 is 19.2 Å². The predicted octanol–water partition coefficient (Wildman–Crippen LogP) is 3.99. The second-order valence-electron chi connectivity index (χ2n) is 7.08. The predicted molar refractivity (Wildman–Crippen MR) is 114 cm³/mol. The number of nitro benzene ring substituents is 1. The molecule has 0 atom stereocenters. The second kappa shape index (κ2) is 8.79. The zero-order valence-electron chi connectivity index (χ0n) is 16.2. The lowest BCUT2D eigenvalue weighted by Gasteiger charge is -2.31. The van der Waals surface area contributed by atoms with Gasteiger partial charge in [0.15, 0.2) is 5.60 Å². The topological polar surface area (TPSA) is 93.9 Å². The van der Waals surface area contributed by atoms with Crippen LogP contribution in [0.2, 0.25) is 0 Å². The summed E-state index contributed by atoms with van der Waals surface area (Å²) < 4.78 is 12.1. The zero-order chi connectivity index (χ0) is 21.0. The summed E-state index contributed by atoms with van der Waals surface area (Å²) in [5.74, 6) is 0.203. The van der Waals surface area contributed by atoms with E-state index in [2.05, 4.69) is 21.2 Å². The number of carbonyl (C=O) groups excluding carboxylic acids is 1. The Hall–Kier alpha value is -2.65. The van der Waals surface area contributed by atoms with E-state index >= 15 is 0 Å². The molecule has 2 aromatic rings. The molecule has 1 heterocycles. The van der Waals surface area contributed by atoms with Gasteiger partial charge in [-0.05, 0) is 44.2 Å². The van der Waals surface area contributed by atoms with Crippen molar-refractivity contribution in [2.24, 2.45) is 0 Å². The van der Waals surface area contributed by atoms with E-state index in [9.17, 15) is 14.9 Å². The molecule has 0 aliphatic carbocycles. The van der Waals surface area contributed by atoms with Crippen LogP contribution in [0.3, 0.4) is 0 Å². The van der Waals surface area contributed by atoms with Crippen LogP contribution in [-0.2, 0) is 9.53 Å². The van der Waals surface area contributed by atoms with Crippen LogP contribution in [-0.4, -0.2) is 42.7 Å². The fourth-order valence-corrected chi connectivity index (χ4v) is 3.19. The van der Waals surface area contributed by atoms with Crippen LogP contribution in [0.1, 0.15) is 13.8 Å². The number of amides is 1. The molecule has 0 bridgehead atoms. The normalized spacial score (nSPS) is 14.4. The molecule has 8 nitrogen and oxygen atoms in total. The summed E-state index contributed by atoms with van der Waals surface area (Å²) in [7, 11) is 0. The van der Waals surface area contributed by atoms with E-state index in [1.54, 1.807) is 32.0 Å². The van der Waals surface area contributed by atoms with Gasteiger partial charge in [-0.15, -0.1) is 0 Å². The number of rotatable bonds is 6. The first-order chi connectivity index (χ1) is 13.8. The quantitative estimate of drug-likeness (QED) is 0.513. The van der Waals surface area contributed by atoms with Crippen molar-refractivity contribution in [1.29, 1.82) is 0 Å². The van der Waals surface area contributed by atoms with Gasteiger partial charge in [0.1, 0.15) is 5.75 Å². The molecular weight excluding hydrogens is 442 g/mol. The Morgan fingerprint density at radius 2 is 1.86 bits per heavy atom.